The number of rotatable bonds is 6. The Labute approximate surface area is 173 Å². The molecule has 2 N–H and O–H groups in total. The topological polar surface area (TPSA) is 118 Å². The minimum absolute atomic E-state index is 0.000144. The van der Waals surface area contributed by atoms with Gasteiger partial charge in [-0.05, 0) is 31.9 Å². The van der Waals surface area contributed by atoms with E-state index in [4.69, 9.17) is 4.74 Å². The largest absolute Gasteiger partial charge is 0.457 e. The molecule has 0 aliphatic heterocycles. The van der Waals surface area contributed by atoms with Gasteiger partial charge in [0.2, 0.25) is 12.0 Å². The number of aromatic amines is 2. The van der Waals surface area contributed by atoms with Gasteiger partial charge in [0.1, 0.15) is 0 Å². The van der Waals surface area contributed by atoms with E-state index in [-0.39, 0.29) is 28.4 Å². The molecule has 0 unspecified atom stereocenters. The van der Waals surface area contributed by atoms with Crippen LogP contribution < -0.4 is 16.0 Å². The van der Waals surface area contributed by atoms with Gasteiger partial charge in [-0.2, -0.15) is 13.2 Å². The summed E-state index contributed by atoms with van der Waals surface area (Å²) in [6.07, 6.45) is -3.48. The second-order valence-electron chi connectivity index (χ2n) is 6.40. The first kappa shape index (κ1) is 21.7. The van der Waals surface area contributed by atoms with Crippen LogP contribution in [0.25, 0.3) is 11.8 Å². The monoisotopic (exact) mass is 434 g/mol. The van der Waals surface area contributed by atoms with Gasteiger partial charge in [0, 0.05) is 25.1 Å². The van der Waals surface area contributed by atoms with E-state index in [1.165, 1.54) is 42.2 Å². The zero-order chi connectivity index (χ0) is 22.8. The first-order valence-electron chi connectivity index (χ1n) is 8.80. The molecule has 0 saturated heterocycles. The number of hydrogen-bond donors (Lipinski definition) is 2. The average Bonchev–Trinajstić information content (AvgIpc) is 2.97. The van der Waals surface area contributed by atoms with Gasteiger partial charge in [-0.1, -0.05) is 6.07 Å². The number of alkyl halides is 3. The van der Waals surface area contributed by atoms with Crippen LogP contribution in [-0.4, -0.2) is 37.6 Å². The lowest BCUT2D eigenvalue weighted by Gasteiger charge is -2.20. The zero-order valence-corrected chi connectivity index (χ0v) is 16.4. The maximum absolute atomic E-state index is 13.7. The summed E-state index contributed by atoms with van der Waals surface area (Å²) in [5.74, 6) is -0.338. The quantitative estimate of drug-likeness (QED) is 0.578. The van der Waals surface area contributed by atoms with Gasteiger partial charge in [-0.3, -0.25) is 24.4 Å². The van der Waals surface area contributed by atoms with Crippen LogP contribution in [0.15, 0.2) is 45.2 Å². The van der Waals surface area contributed by atoms with Crippen molar-refractivity contribution in [2.75, 3.05) is 0 Å². The second kappa shape index (κ2) is 8.42. The number of aromatic nitrogens is 5. The van der Waals surface area contributed by atoms with Crippen molar-refractivity contribution in [3.8, 4) is 5.88 Å². The zero-order valence-electron chi connectivity index (χ0n) is 16.4. The molecule has 0 amide bonds. The molecule has 0 bridgehead atoms. The fourth-order valence-corrected chi connectivity index (χ4v) is 2.73. The Morgan fingerprint density at radius 3 is 2.68 bits per heavy atom. The van der Waals surface area contributed by atoms with E-state index in [2.05, 4.69) is 26.8 Å². The summed E-state index contributed by atoms with van der Waals surface area (Å²) in [5.41, 5.74) is -1.25. The van der Waals surface area contributed by atoms with Crippen LogP contribution in [0, 0.1) is 6.92 Å². The van der Waals surface area contributed by atoms with Crippen molar-refractivity contribution >= 4 is 18.5 Å². The van der Waals surface area contributed by atoms with E-state index in [1.807, 2.05) is 4.98 Å². The highest BCUT2D eigenvalue weighted by Gasteiger charge is 2.45. The van der Waals surface area contributed by atoms with Crippen molar-refractivity contribution in [2.45, 2.75) is 19.2 Å². The number of aryl methyl sites for hydroxylation is 1. The predicted molar refractivity (Wildman–Crippen MR) is 107 cm³/mol. The Bertz CT molecular complexity index is 1240. The Morgan fingerprint density at radius 1 is 1.35 bits per heavy atom. The summed E-state index contributed by atoms with van der Waals surface area (Å²) in [4.78, 5) is 35.2. The molecule has 3 heterocycles. The standard InChI is InChI=1S/C19H17F3N6O3/c1-10-11(8-14(23-2)12-9-25-18(30)26-16(12)29)17(27-28(10)3)31-15(19(20,21)22)13-6-4-5-7-24-13/h4-9,15H,2H2,1,3H3,(H2,25,26,29,30)/b14-8-/t15-/m0/s1. The third-order valence-corrected chi connectivity index (χ3v) is 4.38. The fraction of sp³-hybridized carbons (Fsp3) is 0.211. The minimum Gasteiger partial charge on any atom is -0.457 e. The number of H-pyrrole nitrogens is 2. The van der Waals surface area contributed by atoms with Gasteiger partial charge >= 0.3 is 11.9 Å². The molecule has 12 heteroatoms. The third kappa shape index (κ3) is 4.63. The molecule has 1 atom stereocenters. The van der Waals surface area contributed by atoms with E-state index in [9.17, 15) is 22.8 Å². The molecule has 0 aliphatic rings. The number of pyridine rings is 1. The molecule has 3 aromatic rings. The van der Waals surface area contributed by atoms with Crippen LogP contribution in [0.1, 0.15) is 28.6 Å². The molecular formula is C19H17F3N6O3. The number of halogens is 3. The van der Waals surface area contributed by atoms with E-state index in [0.717, 1.165) is 6.20 Å². The first-order valence-corrected chi connectivity index (χ1v) is 8.80. The van der Waals surface area contributed by atoms with Gasteiger partial charge < -0.3 is 9.72 Å². The van der Waals surface area contributed by atoms with E-state index < -0.39 is 23.5 Å². The number of nitrogens with one attached hydrogen (secondary N) is 2. The number of ether oxygens (including phenoxy) is 1. The SMILES string of the molecule is C=N/C(=C\c1c(O[C@@H](c2ccccn2)C(F)(F)F)nn(C)c1C)c1c[nH]c(=O)[nH]c1=O. The maximum atomic E-state index is 13.7. The Balaban J connectivity index is 2.11. The third-order valence-electron chi connectivity index (χ3n) is 4.38. The molecule has 3 rings (SSSR count). The Morgan fingerprint density at radius 2 is 2.10 bits per heavy atom. The van der Waals surface area contributed by atoms with Crippen molar-refractivity contribution in [1.82, 2.24) is 24.7 Å². The molecule has 0 fully saturated rings. The Kier molecular flexibility index (Phi) is 5.90. The number of nitrogens with zero attached hydrogens (tertiary/aromatic N) is 4. The van der Waals surface area contributed by atoms with Crippen molar-refractivity contribution < 1.29 is 17.9 Å². The fourth-order valence-electron chi connectivity index (χ4n) is 2.73. The Hall–Kier alpha value is -3.96. The average molecular weight is 434 g/mol. The number of hydrogen-bond acceptors (Lipinski definition) is 6. The predicted octanol–water partition coefficient (Wildman–Crippen LogP) is 2.38. The highest BCUT2D eigenvalue weighted by atomic mass is 19.4. The van der Waals surface area contributed by atoms with Crippen LogP contribution in [0.2, 0.25) is 0 Å². The van der Waals surface area contributed by atoms with Crippen molar-refractivity contribution in [1.29, 1.82) is 0 Å². The molecule has 31 heavy (non-hydrogen) atoms. The molecule has 0 aromatic carbocycles. The van der Waals surface area contributed by atoms with Crippen LogP contribution in [0.4, 0.5) is 13.2 Å². The van der Waals surface area contributed by atoms with Crippen LogP contribution >= 0.6 is 0 Å². The summed E-state index contributed by atoms with van der Waals surface area (Å²) in [7, 11) is 1.52. The first-order chi connectivity index (χ1) is 14.6. The van der Waals surface area contributed by atoms with Crippen LogP contribution in [0.3, 0.4) is 0 Å². The molecule has 3 aromatic heterocycles. The molecule has 0 saturated carbocycles. The molecular weight excluding hydrogens is 417 g/mol. The van der Waals surface area contributed by atoms with Gasteiger partial charge in [-0.15, -0.1) is 5.10 Å². The van der Waals surface area contributed by atoms with Crippen LogP contribution in [0.5, 0.6) is 5.88 Å². The minimum atomic E-state index is -4.77. The van der Waals surface area contributed by atoms with E-state index >= 15 is 0 Å². The van der Waals surface area contributed by atoms with Crippen LogP contribution in [-0.2, 0) is 7.05 Å². The van der Waals surface area contributed by atoms with Gasteiger partial charge in [-0.25, -0.2) is 4.79 Å². The summed E-state index contributed by atoms with van der Waals surface area (Å²) >= 11 is 0. The maximum Gasteiger partial charge on any atom is 0.431 e. The lowest BCUT2D eigenvalue weighted by Crippen LogP contribution is -2.27. The molecule has 162 valence electrons. The van der Waals surface area contributed by atoms with Crippen molar-refractivity contribution in [3.05, 3.63) is 73.9 Å². The molecule has 0 spiro atoms. The normalized spacial score (nSPS) is 13.1. The van der Waals surface area contributed by atoms with Crippen molar-refractivity contribution in [3.63, 3.8) is 0 Å². The van der Waals surface area contributed by atoms with Gasteiger partial charge in [0.25, 0.3) is 5.56 Å². The molecule has 0 aliphatic carbocycles. The molecule has 9 nitrogen and oxygen atoms in total. The van der Waals surface area contributed by atoms with E-state index in [0.29, 0.717) is 5.69 Å². The highest BCUT2D eigenvalue weighted by molar-refractivity contribution is 5.83. The van der Waals surface area contributed by atoms with Crippen molar-refractivity contribution in [2.24, 2.45) is 12.0 Å². The summed E-state index contributed by atoms with van der Waals surface area (Å²) in [6.45, 7) is 4.99. The smallest absolute Gasteiger partial charge is 0.431 e. The molecule has 0 radical (unpaired) electrons. The summed E-state index contributed by atoms with van der Waals surface area (Å²) in [6, 6.07) is 4.09. The van der Waals surface area contributed by atoms with E-state index in [1.54, 1.807) is 6.92 Å². The number of aliphatic imine (C=N–C) groups is 1. The lowest BCUT2D eigenvalue weighted by molar-refractivity contribution is -0.199. The highest BCUT2D eigenvalue weighted by Crippen LogP contribution is 2.37. The summed E-state index contributed by atoms with van der Waals surface area (Å²) in [5, 5.41) is 4.02. The van der Waals surface area contributed by atoms with Gasteiger partial charge in [0.05, 0.1) is 22.5 Å². The second-order valence-corrected chi connectivity index (χ2v) is 6.40. The lowest BCUT2D eigenvalue weighted by atomic mass is 10.1. The summed E-state index contributed by atoms with van der Waals surface area (Å²) < 4.78 is 47.7. The van der Waals surface area contributed by atoms with Gasteiger partial charge in [0.15, 0.2) is 0 Å².